The van der Waals surface area contributed by atoms with E-state index in [0.29, 0.717) is 5.92 Å². The molecular weight excluding hydrogens is 224 g/mol. The zero-order valence-electron chi connectivity index (χ0n) is 11.9. The summed E-state index contributed by atoms with van der Waals surface area (Å²) in [6, 6.07) is -0.0756. The Kier molecular flexibility index (Phi) is 8.06. The van der Waals surface area contributed by atoms with Crippen LogP contribution in [0.4, 0.5) is 0 Å². The molecule has 3 N–H and O–H groups in total. The topological polar surface area (TPSA) is 55.1 Å². The van der Waals surface area contributed by atoms with Crippen molar-refractivity contribution in [2.45, 2.75) is 77.2 Å². The molecule has 0 bridgehead atoms. The number of rotatable bonds is 9. The molecule has 3 heteroatoms. The second kappa shape index (κ2) is 9.37. The molecule has 1 amide bonds. The van der Waals surface area contributed by atoms with Crippen LogP contribution in [0.3, 0.4) is 0 Å². The van der Waals surface area contributed by atoms with Crippen molar-refractivity contribution in [2.24, 2.45) is 11.7 Å². The highest BCUT2D eigenvalue weighted by Crippen LogP contribution is 2.22. The zero-order valence-corrected chi connectivity index (χ0v) is 11.9. The molecule has 0 aromatic carbocycles. The van der Waals surface area contributed by atoms with Gasteiger partial charge in [-0.2, -0.15) is 0 Å². The summed E-state index contributed by atoms with van der Waals surface area (Å²) in [5, 5.41) is 3.20. The van der Waals surface area contributed by atoms with E-state index in [1.165, 1.54) is 57.8 Å². The van der Waals surface area contributed by atoms with E-state index in [2.05, 4.69) is 12.2 Å². The number of hydrogen-bond acceptors (Lipinski definition) is 2. The van der Waals surface area contributed by atoms with Crippen molar-refractivity contribution in [3.05, 3.63) is 0 Å². The third kappa shape index (κ3) is 6.39. The fourth-order valence-corrected chi connectivity index (χ4v) is 2.87. The van der Waals surface area contributed by atoms with E-state index in [1.807, 2.05) is 0 Å². The summed E-state index contributed by atoms with van der Waals surface area (Å²) in [4.78, 5) is 11.1. The first kappa shape index (κ1) is 15.5. The van der Waals surface area contributed by atoms with Gasteiger partial charge in [0, 0.05) is 0 Å². The minimum Gasteiger partial charge on any atom is -0.368 e. The van der Waals surface area contributed by atoms with E-state index < -0.39 is 0 Å². The van der Waals surface area contributed by atoms with Gasteiger partial charge in [0.25, 0.3) is 0 Å². The van der Waals surface area contributed by atoms with Gasteiger partial charge in [0.2, 0.25) is 5.91 Å². The summed E-state index contributed by atoms with van der Waals surface area (Å²) < 4.78 is 0. The summed E-state index contributed by atoms with van der Waals surface area (Å²) in [7, 11) is 0. The zero-order chi connectivity index (χ0) is 13.2. The van der Waals surface area contributed by atoms with Crippen LogP contribution in [0.1, 0.15) is 71.1 Å². The van der Waals surface area contributed by atoms with E-state index in [1.54, 1.807) is 0 Å². The van der Waals surface area contributed by atoms with Crippen molar-refractivity contribution in [3.63, 3.8) is 0 Å². The van der Waals surface area contributed by atoms with Crippen molar-refractivity contribution in [2.75, 3.05) is 6.54 Å². The molecule has 1 aliphatic heterocycles. The Morgan fingerprint density at radius 3 is 2.50 bits per heavy atom. The van der Waals surface area contributed by atoms with Crippen LogP contribution in [0, 0.1) is 5.92 Å². The summed E-state index contributed by atoms with van der Waals surface area (Å²) in [5.41, 5.74) is 5.35. The van der Waals surface area contributed by atoms with Gasteiger partial charge in [-0.3, -0.25) is 4.79 Å². The van der Waals surface area contributed by atoms with Gasteiger partial charge in [0.05, 0.1) is 6.04 Å². The lowest BCUT2D eigenvalue weighted by molar-refractivity contribution is -0.120. The third-order valence-corrected chi connectivity index (χ3v) is 4.07. The average molecular weight is 254 g/mol. The van der Waals surface area contributed by atoms with Gasteiger partial charge in [-0.15, -0.1) is 0 Å². The first-order valence-electron chi connectivity index (χ1n) is 7.76. The molecule has 2 unspecified atom stereocenters. The second-order valence-electron chi connectivity index (χ2n) is 5.71. The van der Waals surface area contributed by atoms with E-state index in [-0.39, 0.29) is 11.9 Å². The van der Waals surface area contributed by atoms with Gasteiger partial charge in [-0.25, -0.2) is 0 Å². The monoisotopic (exact) mass is 254 g/mol. The summed E-state index contributed by atoms with van der Waals surface area (Å²) in [5.74, 6) is 0.527. The molecule has 18 heavy (non-hydrogen) atoms. The Hall–Kier alpha value is -0.570. The lowest BCUT2D eigenvalue weighted by Gasteiger charge is -2.28. The van der Waals surface area contributed by atoms with Crippen molar-refractivity contribution in [3.8, 4) is 0 Å². The van der Waals surface area contributed by atoms with Crippen molar-refractivity contribution in [1.29, 1.82) is 0 Å². The molecular formula is C15H30N2O. The number of nitrogens with two attached hydrogens (primary N) is 1. The molecule has 0 spiro atoms. The maximum absolute atomic E-state index is 11.1. The Bertz CT molecular complexity index is 231. The molecule has 0 aliphatic carbocycles. The van der Waals surface area contributed by atoms with Crippen LogP contribution in [-0.2, 0) is 4.79 Å². The van der Waals surface area contributed by atoms with Crippen LogP contribution >= 0.6 is 0 Å². The molecule has 1 heterocycles. The molecule has 1 fully saturated rings. The highest BCUT2D eigenvalue weighted by molar-refractivity contribution is 5.79. The maximum Gasteiger partial charge on any atom is 0.234 e. The van der Waals surface area contributed by atoms with Crippen LogP contribution < -0.4 is 11.1 Å². The fourth-order valence-electron chi connectivity index (χ4n) is 2.87. The molecule has 2 atom stereocenters. The van der Waals surface area contributed by atoms with Crippen LogP contribution in [0.2, 0.25) is 0 Å². The molecule has 0 radical (unpaired) electrons. The average Bonchev–Trinajstić information content (AvgIpc) is 2.38. The number of hydrogen-bond donors (Lipinski definition) is 2. The Balaban J connectivity index is 2.00. The van der Waals surface area contributed by atoms with Crippen LogP contribution in [0.5, 0.6) is 0 Å². The number of unbranched alkanes of at least 4 members (excludes halogenated alkanes) is 6. The normalized spacial score (nSPS) is 24.1. The predicted molar refractivity (Wildman–Crippen MR) is 76.3 cm³/mol. The van der Waals surface area contributed by atoms with Crippen LogP contribution in [0.15, 0.2) is 0 Å². The largest absolute Gasteiger partial charge is 0.368 e. The molecule has 1 rings (SSSR count). The summed E-state index contributed by atoms with van der Waals surface area (Å²) in [6.07, 6.45) is 13.0. The van der Waals surface area contributed by atoms with Gasteiger partial charge in [-0.05, 0) is 25.3 Å². The smallest absolute Gasteiger partial charge is 0.234 e. The van der Waals surface area contributed by atoms with Crippen LogP contribution in [0.25, 0.3) is 0 Å². The Morgan fingerprint density at radius 2 is 1.83 bits per heavy atom. The Labute approximate surface area is 112 Å². The second-order valence-corrected chi connectivity index (χ2v) is 5.71. The molecule has 3 nitrogen and oxygen atoms in total. The van der Waals surface area contributed by atoms with Crippen molar-refractivity contribution < 1.29 is 4.79 Å². The number of carbonyl (C=O) groups is 1. The van der Waals surface area contributed by atoms with E-state index in [4.69, 9.17) is 5.73 Å². The number of amides is 1. The molecule has 1 saturated heterocycles. The predicted octanol–water partition coefficient (Wildman–Crippen LogP) is 2.98. The van der Waals surface area contributed by atoms with E-state index >= 15 is 0 Å². The van der Waals surface area contributed by atoms with Gasteiger partial charge >= 0.3 is 0 Å². The minimum absolute atomic E-state index is 0.0756. The first-order chi connectivity index (χ1) is 8.74. The molecule has 1 aliphatic rings. The van der Waals surface area contributed by atoms with Crippen molar-refractivity contribution >= 4 is 5.91 Å². The molecule has 0 aromatic rings. The summed E-state index contributed by atoms with van der Waals surface area (Å²) >= 11 is 0. The first-order valence-corrected chi connectivity index (χ1v) is 7.76. The standard InChI is InChI=1S/C15H30N2O/c1-2-3-4-5-6-7-8-9-13-10-11-17-14(12-13)15(16)18/h13-14,17H,2-12H2,1H3,(H2,16,18). The van der Waals surface area contributed by atoms with Gasteiger partial charge in [0.1, 0.15) is 0 Å². The van der Waals surface area contributed by atoms with E-state index in [9.17, 15) is 4.79 Å². The summed E-state index contributed by atoms with van der Waals surface area (Å²) in [6.45, 7) is 3.21. The number of nitrogens with one attached hydrogen (secondary N) is 1. The van der Waals surface area contributed by atoms with Gasteiger partial charge in [0.15, 0.2) is 0 Å². The van der Waals surface area contributed by atoms with Gasteiger partial charge < -0.3 is 11.1 Å². The highest BCUT2D eigenvalue weighted by Gasteiger charge is 2.24. The van der Waals surface area contributed by atoms with Crippen LogP contribution in [-0.4, -0.2) is 18.5 Å². The molecule has 0 saturated carbocycles. The fraction of sp³-hybridized carbons (Fsp3) is 0.933. The maximum atomic E-state index is 11.1. The SMILES string of the molecule is CCCCCCCCCC1CCNC(C(N)=O)C1. The highest BCUT2D eigenvalue weighted by atomic mass is 16.1. The lowest BCUT2D eigenvalue weighted by atomic mass is 9.87. The number of piperidine rings is 1. The van der Waals surface area contributed by atoms with Gasteiger partial charge in [-0.1, -0.05) is 58.3 Å². The quantitative estimate of drug-likeness (QED) is 0.621. The third-order valence-electron chi connectivity index (χ3n) is 4.07. The van der Waals surface area contributed by atoms with E-state index in [0.717, 1.165) is 13.0 Å². The number of primary amides is 1. The molecule has 0 aromatic heterocycles. The minimum atomic E-state index is -0.181. The number of carbonyl (C=O) groups excluding carboxylic acids is 1. The Morgan fingerprint density at radius 1 is 1.17 bits per heavy atom. The van der Waals surface area contributed by atoms with Crippen molar-refractivity contribution in [1.82, 2.24) is 5.32 Å². The molecule has 106 valence electrons. The lowest BCUT2D eigenvalue weighted by Crippen LogP contribution is -2.46.